The second-order valence-corrected chi connectivity index (χ2v) is 5.94. The van der Waals surface area contributed by atoms with Crippen LogP contribution in [0.3, 0.4) is 0 Å². The summed E-state index contributed by atoms with van der Waals surface area (Å²) in [7, 11) is 0. The highest BCUT2D eigenvalue weighted by Gasteiger charge is 2.32. The van der Waals surface area contributed by atoms with Gasteiger partial charge in [-0.2, -0.15) is 0 Å². The number of halogens is 2. The molecule has 1 aliphatic heterocycles. The number of phenolic OH excluding ortho intramolecular Hbond substituents is 2. The summed E-state index contributed by atoms with van der Waals surface area (Å²) in [6.07, 6.45) is -0.0130. The summed E-state index contributed by atoms with van der Waals surface area (Å²) in [6.45, 7) is 0.305. The van der Waals surface area contributed by atoms with E-state index in [-0.39, 0.29) is 36.1 Å². The number of hydrogen-bond donors (Lipinski definition) is 3. The highest BCUT2D eigenvalue weighted by molar-refractivity contribution is 9.10. The van der Waals surface area contributed by atoms with Crippen LogP contribution in [0.25, 0.3) is 0 Å². The van der Waals surface area contributed by atoms with Gasteiger partial charge in [-0.05, 0) is 11.6 Å². The van der Waals surface area contributed by atoms with Gasteiger partial charge in [0.05, 0.1) is 12.2 Å². The first-order valence-electron chi connectivity index (χ1n) is 6.75. The first-order chi connectivity index (χ1) is 10.1. The largest absolute Gasteiger partial charge is 0.504 e. The van der Waals surface area contributed by atoms with Crippen LogP contribution in [0.4, 0.5) is 0 Å². The van der Waals surface area contributed by atoms with Crippen LogP contribution in [0.1, 0.15) is 28.9 Å². The molecule has 0 bridgehead atoms. The van der Waals surface area contributed by atoms with Crippen LogP contribution in [0.15, 0.2) is 40.9 Å². The van der Waals surface area contributed by atoms with Gasteiger partial charge in [0.15, 0.2) is 11.5 Å². The summed E-state index contributed by atoms with van der Waals surface area (Å²) in [6, 6.07) is 11.3. The van der Waals surface area contributed by atoms with Crippen molar-refractivity contribution in [3.63, 3.8) is 0 Å². The van der Waals surface area contributed by atoms with E-state index in [4.69, 9.17) is 10.5 Å². The van der Waals surface area contributed by atoms with Gasteiger partial charge in [-0.3, -0.25) is 0 Å². The fourth-order valence-corrected chi connectivity index (χ4v) is 3.50. The van der Waals surface area contributed by atoms with Crippen molar-refractivity contribution >= 4 is 28.3 Å². The van der Waals surface area contributed by atoms with Gasteiger partial charge in [-0.1, -0.05) is 46.3 Å². The molecule has 0 spiro atoms. The van der Waals surface area contributed by atoms with Crippen LogP contribution < -0.4 is 5.73 Å². The summed E-state index contributed by atoms with van der Waals surface area (Å²) in [5, 5.41) is 20.0. The van der Waals surface area contributed by atoms with E-state index in [9.17, 15) is 10.2 Å². The maximum absolute atomic E-state index is 10.2. The summed E-state index contributed by atoms with van der Waals surface area (Å²) < 4.78 is 6.78. The minimum absolute atomic E-state index is 0. The average Bonchev–Trinajstić information content (AvgIpc) is 2.52. The van der Waals surface area contributed by atoms with E-state index < -0.39 is 0 Å². The predicted molar refractivity (Wildman–Crippen MR) is 90.5 cm³/mol. The molecule has 0 amide bonds. The molecule has 22 heavy (non-hydrogen) atoms. The molecule has 2 aromatic rings. The van der Waals surface area contributed by atoms with Crippen molar-refractivity contribution in [1.82, 2.24) is 0 Å². The minimum atomic E-state index is -0.320. The molecule has 0 fully saturated rings. The molecule has 1 aliphatic rings. The van der Waals surface area contributed by atoms with Crippen molar-refractivity contribution in [3.8, 4) is 11.5 Å². The number of ether oxygens (including phenoxy) is 1. The number of phenols is 2. The Morgan fingerprint density at radius 1 is 1.23 bits per heavy atom. The lowest BCUT2D eigenvalue weighted by Crippen LogP contribution is -2.26. The third kappa shape index (κ3) is 2.94. The minimum Gasteiger partial charge on any atom is -0.504 e. The zero-order chi connectivity index (χ0) is 15.0. The van der Waals surface area contributed by atoms with E-state index in [1.807, 2.05) is 30.3 Å². The topological polar surface area (TPSA) is 75.7 Å². The average molecular weight is 387 g/mol. The lowest BCUT2D eigenvalue weighted by atomic mass is 9.90. The highest BCUT2D eigenvalue weighted by atomic mass is 79.9. The molecule has 0 aromatic heterocycles. The summed E-state index contributed by atoms with van der Waals surface area (Å²) in [5.74, 6) is -0.221. The van der Waals surface area contributed by atoms with E-state index in [0.29, 0.717) is 23.0 Å². The quantitative estimate of drug-likeness (QED) is 0.689. The van der Waals surface area contributed by atoms with Crippen LogP contribution >= 0.6 is 28.3 Å². The molecule has 0 saturated heterocycles. The maximum atomic E-state index is 10.2. The van der Waals surface area contributed by atoms with E-state index in [1.54, 1.807) is 0 Å². The Labute approximate surface area is 143 Å². The van der Waals surface area contributed by atoms with Crippen molar-refractivity contribution in [2.75, 3.05) is 6.54 Å². The van der Waals surface area contributed by atoms with E-state index in [1.165, 1.54) is 6.07 Å². The number of benzene rings is 2. The van der Waals surface area contributed by atoms with E-state index in [2.05, 4.69) is 15.9 Å². The van der Waals surface area contributed by atoms with Crippen molar-refractivity contribution in [2.24, 2.45) is 5.73 Å². The van der Waals surface area contributed by atoms with Gasteiger partial charge < -0.3 is 20.7 Å². The molecular weight excluding hydrogens is 370 g/mol. The molecule has 2 atom stereocenters. The van der Waals surface area contributed by atoms with Crippen LogP contribution in [-0.2, 0) is 11.2 Å². The Morgan fingerprint density at radius 3 is 2.55 bits per heavy atom. The lowest BCUT2D eigenvalue weighted by molar-refractivity contribution is -0.0235. The SMILES string of the molecule is Cl.NCC1OC(c2ccccc2)Cc2c(O)c(O)cc(Br)c21. The molecule has 4 N–H and O–H groups in total. The monoisotopic (exact) mass is 385 g/mol. The molecule has 3 rings (SSSR count). The van der Waals surface area contributed by atoms with Gasteiger partial charge in [0.1, 0.15) is 0 Å². The first kappa shape index (κ1) is 17.1. The van der Waals surface area contributed by atoms with Crippen LogP contribution in [0, 0.1) is 0 Å². The molecule has 4 nitrogen and oxygen atoms in total. The molecule has 6 heteroatoms. The maximum Gasteiger partial charge on any atom is 0.161 e. The van der Waals surface area contributed by atoms with Gasteiger partial charge in [-0.25, -0.2) is 0 Å². The zero-order valence-corrected chi connectivity index (χ0v) is 14.1. The van der Waals surface area contributed by atoms with Crippen molar-refractivity contribution in [1.29, 1.82) is 0 Å². The van der Waals surface area contributed by atoms with E-state index >= 15 is 0 Å². The summed E-state index contributed by atoms with van der Waals surface area (Å²) >= 11 is 3.42. The van der Waals surface area contributed by atoms with Gasteiger partial charge in [0.2, 0.25) is 0 Å². The number of hydrogen-bond acceptors (Lipinski definition) is 4. The Morgan fingerprint density at radius 2 is 1.91 bits per heavy atom. The Balaban J connectivity index is 0.00000176. The summed E-state index contributed by atoms with van der Waals surface area (Å²) in [5.41, 5.74) is 8.37. The summed E-state index contributed by atoms with van der Waals surface area (Å²) in [4.78, 5) is 0. The van der Waals surface area contributed by atoms with Gasteiger partial charge >= 0.3 is 0 Å². The van der Waals surface area contributed by atoms with Crippen molar-refractivity contribution in [2.45, 2.75) is 18.6 Å². The highest BCUT2D eigenvalue weighted by Crippen LogP contribution is 2.47. The van der Waals surface area contributed by atoms with Gasteiger partial charge in [0.25, 0.3) is 0 Å². The molecule has 118 valence electrons. The second-order valence-electron chi connectivity index (χ2n) is 5.08. The van der Waals surface area contributed by atoms with Crippen LogP contribution in [0.5, 0.6) is 11.5 Å². The number of aromatic hydroxyl groups is 2. The number of nitrogens with two attached hydrogens (primary N) is 1. The fourth-order valence-electron chi connectivity index (χ4n) is 2.78. The third-order valence-electron chi connectivity index (χ3n) is 3.80. The number of rotatable bonds is 2. The van der Waals surface area contributed by atoms with Crippen molar-refractivity contribution in [3.05, 3.63) is 57.6 Å². The van der Waals surface area contributed by atoms with Crippen LogP contribution in [0.2, 0.25) is 0 Å². The molecule has 2 unspecified atom stereocenters. The van der Waals surface area contributed by atoms with Gasteiger partial charge in [-0.15, -0.1) is 12.4 Å². The Hall–Kier alpha value is -1.27. The molecular formula is C16H17BrClNO3. The zero-order valence-electron chi connectivity index (χ0n) is 11.7. The van der Waals surface area contributed by atoms with Gasteiger partial charge in [0, 0.05) is 28.6 Å². The van der Waals surface area contributed by atoms with Crippen molar-refractivity contribution < 1.29 is 14.9 Å². The molecule has 2 aromatic carbocycles. The lowest BCUT2D eigenvalue weighted by Gasteiger charge is -2.33. The third-order valence-corrected chi connectivity index (χ3v) is 4.46. The predicted octanol–water partition coefficient (Wildman–Crippen LogP) is 3.60. The first-order valence-corrected chi connectivity index (χ1v) is 7.54. The van der Waals surface area contributed by atoms with E-state index in [0.717, 1.165) is 11.1 Å². The Kier molecular flexibility index (Phi) is 5.34. The fraction of sp³-hybridized carbons (Fsp3) is 0.250. The standard InChI is InChI=1S/C16H16BrNO3.ClH/c17-11-7-12(19)16(20)10-6-13(9-4-2-1-3-5-9)21-14(8-18)15(10)11;/h1-5,7,13-14,19-20H,6,8,18H2;1H. The smallest absolute Gasteiger partial charge is 0.161 e. The molecule has 0 aliphatic carbocycles. The second kappa shape index (κ2) is 6.87. The van der Waals surface area contributed by atoms with Crippen LogP contribution in [-0.4, -0.2) is 16.8 Å². The normalized spacial score (nSPS) is 20.1. The number of fused-ring (bicyclic) bond motifs is 1. The Bertz CT molecular complexity index is 666. The molecule has 0 radical (unpaired) electrons. The molecule has 1 heterocycles. The molecule has 0 saturated carbocycles.